The largest absolute Gasteiger partial charge is 0.447 e. The normalized spacial score (nSPS) is 12.2. The summed E-state index contributed by atoms with van der Waals surface area (Å²) in [6.07, 6.45) is 0.493. The highest BCUT2D eigenvalue weighted by Crippen LogP contribution is 2.16. The molecule has 0 saturated heterocycles. The average Bonchev–Trinajstić information content (AvgIpc) is 3.04. The summed E-state index contributed by atoms with van der Waals surface area (Å²) in [5.74, 6) is -0.518. The maximum absolute atomic E-state index is 12.2. The SMILES string of the molecule is Cc1cc(NC(=O)C(OC(=O)c2cc(Cl)c[nH]2)C(C)C)no1. The minimum atomic E-state index is -0.966. The maximum atomic E-state index is 12.2. The summed E-state index contributed by atoms with van der Waals surface area (Å²) >= 11 is 5.74. The van der Waals surface area contributed by atoms with E-state index in [0.29, 0.717) is 10.8 Å². The van der Waals surface area contributed by atoms with Crippen LogP contribution in [-0.4, -0.2) is 28.1 Å². The fourth-order valence-corrected chi connectivity index (χ4v) is 1.94. The molecule has 1 unspecified atom stereocenters. The summed E-state index contributed by atoms with van der Waals surface area (Å²) in [5.41, 5.74) is 0.181. The number of H-pyrrole nitrogens is 1. The second kappa shape index (κ2) is 6.65. The van der Waals surface area contributed by atoms with Crippen LogP contribution in [-0.2, 0) is 9.53 Å². The third-order valence-electron chi connectivity index (χ3n) is 2.84. The van der Waals surface area contributed by atoms with Crippen molar-refractivity contribution in [3.8, 4) is 0 Å². The number of carbonyl (C=O) groups excluding carboxylic acids is 2. The Labute approximate surface area is 132 Å². The number of hydrogen-bond donors (Lipinski definition) is 2. The summed E-state index contributed by atoms with van der Waals surface area (Å²) in [5, 5.41) is 6.60. The fourth-order valence-electron chi connectivity index (χ4n) is 1.78. The van der Waals surface area contributed by atoms with E-state index in [-0.39, 0.29) is 17.4 Å². The van der Waals surface area contributed by atoms with Gasteiger partial charge in [-0.05, 0) is 18.9 Å². The highest BCUT2D eigenvalue weighted by molar-refractivity contribution is 6.30. The lowest BCUT2D eigenvalue weighted by Crippen LogP contribution is -2.36. The van der Waals surface area contributed by atoms with Crippen molar-refractivity contribution < 1.29 is 18.8 Å². The Kier molecular flexibility index (Phi) is 4.87. The number of nitrogens with one attached hydrogen (secondary N) is 2. The lowest BCUT2D eigenvalue weighted by Gasteiger charge is -2.19. The number of ether oxygens (including phenoxy) is 1. The zero-order valence-electron chi connectivity index (χ0n) is 12.3. The van der Waals surface area contributed by atoms with Crippen LogP contribution in [0.5, 0.6) is 0 Å². The molecule has 1 amide bonds. The Hall–Kier alpha value is -2.28. The van der Waals surface area contributed by atoms with Crippen LogP contribution < -0.4 is 5.32 Å². The van der Waals surface area contributed by atoms with E-state index >= 15 is 0 Å². The van der Waals surface area contributed by atoms with E-state index in [0.717, 1.165) is 0 Å². The summed E-state index contributed by atoms with van der Waals surface area (Å²) in [6.45, 7) is 5.25. The summed E-state index contributed by atoms with van der Waals surface area (Å²) in [7, 11) is 0. The van der Waals surface area contributed by atoms with Crippen molar-refractivity contribution in [2.24, 2.45) is 5.92 Å². The first-order valence-electron chi connectivity index (χ1n) is 6.66. The number of aryl methyl sites for hydroxylation is 1. The zero-order chi connectivity index (χ0) is 16.3. The van der Waals surface area contributed by atoms with Gasteiger partial charge in [-0.25, -0.2) is 4.79 Å². The van der Waals surface area contributed by atoms with Crippen LogP contribution in [0.25, 0.3) is 0 Å². The van der Waals surface area contributed by atoms with E-state index in [1.165, 1.54) is 12.3 Å². The predicted molar refractivity (Wildman–Crippen MR) is 79.7 cm³/mol. The van der Waals surface area contributed by atoms with Crippen molar-refractivity contribution in [1.82, 2.24) is 10.1 Å². The topological polar surface area (TPSA) is 97.2 Å². The molecule has 0 radical (unpaired) electrons. The fraction of sp³-hybridized carbons (Fsp3) is 0.357. The van der Waals surface area contributed by atoms with Crippen molar-refractivity contribution in [3.05, 3.63) is 34.8 Å². The molecule has 2 aromatic heterocycles. The van der Waals surface area contributed by atoms with Gasteiger partial charge in [0.15, 0.2) is 11.9 Å². The number of amides is 1. The molecule has 8 heteroatoms. The molecule has 1 atom stereocenters. The summed E-state index contributed by atoms with van der Waals surface area (Å²) < 4.78 is 10.1. The molecule has 22 heavy (non-hydrogen) atoms. The van der Waals surface area contributed by atoms with Crippen LogP contribution in [0.1, 0.15) is 30.1 Å². The number of carbonyl (C=O) groups is 2. The first-order valence-corrected chi connectivity index (χ1v) is 7.03. The summed E-state index contributed by atoms with van der Waals surface area (Å²) in [4.78, 5) is 26.9. The van der Waals surface area contributed by atoms with Gasteiger partial charge in [-0.2, -0.15) is 0 Å². The first kappa shape index (κ1) is 16.1. The van der Waals surface area contributed by atoms with E-state index in [1.54, 1.807) is 26.8 Å². The number of aromatic amines is 1. The molecular weight excluding hydrogens is 310 g/mol. The molecular formula is C14H16ClN3O4. The molecule has 0 saturated carbocycles. The van der Waals surface area contributed by atoms with Gasteiger partial charge >= 0.3 is 5.97 Å². The van der Waals surface area contributed by atoms with Crippen molar-refractivity contribution in [3.63, 3.8) is 0 Å². The van der Waals surface area contributed by atoms with Crippen LogP contribution in [0.4, 0.5) is 5.82 Å². The van der Waals surface area contributed by atoms with Crippen LogP contribution >= 0.6 is 11.6 Å². The number of anilines is 1. The predicted octanol–water partition coefficient (Wildman–Crippen LogP) is 2.78. The maximum Gasteiger partial charge on any atom is 0.355 e. The Balaban J connectivity index is 2.05. The lowest BCUT2D eigenvalue weighted by atomic mass is 10.1. The molecule has 2 aromatic rings. The van der Waals surface area contributed by atoms with Crippen LogP contribution in [0, 0.1) is 12.8 Å². The Bertz CT molecular complexity index is 677. The zero-order valence-corrected chi connectivity index (χ0v) is 13.1. The van der Waals surface area contributed by atoms with Gasteiger partial charge in [-0.1, -0.05) is 30.6 Å². The van der Waals surface area contributed by atoms with Crippen LogP contribution in [0.3, 0.4) is 0 Å². The van der Waals surface area contributed by atoms with E-state index in [2.05, 4.69) is 15.5 Å². The Morgan fingerprint density at radius 2 is 2.14 bits per heavy atom. The molecule has 0 aliphatic carbocycles. The third-order valence-corrected chi connectivity index (χ3v) is 3.06. The Morgan fingerprint density at radius 3 is 2.64 bits per heavy atom. The average molecular weight is 326 g/mol. The summed E-state index contributed by atoms with van der Waals surface area (Å²) in [6, 6.07) is 3.00. The number of halogens is 1. The first-order chi connectivity index (χ1) is 10.4. The molecule has 2 heterocycles. The Morgan fingerprint density at radius 1 is 1.41 bits per heavy atom. The van der Waals surface area contributed by atoms with E-state index < -0.39 is 18.0 Å². The number of esters is 1. The van der Waals surface area contributed by atoms with E-state index in [4.69, 9.17) is 20.9 Å². The lowest BCUT2D eigenvalue weighted by molar-refractivity contribution is -0.126. The molecule has 118 valence electrons. The van der Waals surface area contributed by atoms with E-state index in [9.17, 15) is 9.59 Å². The molecule has 0 aromatic carbocycles. The van der Waals surface area contributed by atoms with Crippen molar-refractivity contribution in [2.45, 2.75) is 26.9 Å². The van der Waals surface area contributed by atoms with Gasteiger partial charge in [0, 0.05) is 12.3 Å². The molecule has 2 rings (SSSR count). The van der Waals surface area contributed by atoms with E-state index in [1.807, 2.05) is 0 Å². The number of hydrogen-bond acceptors (Lipinski definition) is 5. The number of rotatable bonds is 5. The molecule has 2 N–H and O–H groups in total. The van der Waals surface area contributed by atoms with Crippen molar-refractivity contribution in [1.29, 1.82) is 0 Å². The van der Waals surface area contributed by atoms with Gasteiger partial charge in [0.2, 0.25) is 0 Å². The number of aromatic nitrogens is 2. The molecule has 0 spiro atoms. The van der Waals surface area contributed by atoms with Crippen LogP contribution in [0.15, 0.2) is 22.9 Å². The van der Waals surface area contributed by atoms with Gasteiger partial charge in [-0.3, -0.25) is 4.79 Å². The van der Waals surface area contributed by atoms with Gasteiger partial charge in [0.05, 0.1) is 5.02 Å². The van der Waals surface area contributed by atoms with Crippen molar-refractivity contribution >= 4 is 29.3 Å². The minimum absolute atomic E-state index is 0.181. The molecule has 0 bridgehead atoms. The smallest absolute Gasteiger partial charge is 0.355 e. The highest BCUT2D eigenvalue weighted by Gasteiger charge is 2.28. The van der Waals surface area contributed by atoms with Gasteiger partial charge in [0.25, 0.3) is 5.91 Å². The standard InChI is InChI=1S/C14H16ClN3O4/c1-7(2)12(13(19)17-11-4-8(3)22-18-11)21-14(20)10-5-9(15)6-16-10/h4-7,12,16H,1-3H3,(H,17,18,19). The second-order valence-corrected chi connectivity index (χ2v) is 5.55. The van der Waals surface area contributed by atoms with Gasteiger partial charge in [-0.15, -0.1) is 0 Å². The van der Waals surface area contributed by atoms with Crippen LogP contribution in [0.2, 0.25) is 5.02 Å². The molecule has 0 fully saturated rings. The third kappa shape index (κ3) is 3.88. The highest BCUT2D eigenvalue weighted by atomic mass is 35.5. The minimum Gasteiger partial charge on any atom is -0.447 e. The van der Waals surface area contributed by atoms with Gasteiger partial charge < -0.3 is 19.6 Å². The second-order valence-electron chi connectivity index (χ2n) is 5.11. The monoisotopic (exact) mass is 325 g/mol. The van der Waals surface area contributed by atoms with Gasteiger partial charge in [0.1, 0.15) is 11.5 Å². The van der Waals surface area contributed by atoms with Crippen molar-refractivity contribution in [2.75, 3.05) is 5.32 Å². The molecule has 0 aliphatic heterocycles. The molecule has 0 aliphatic rings. The quantitative estimate of drug-likeness (QED) is 0.824. The molecule has 7 nitrogen and oxygen atoms in total. The number of nitrogens with zero attached hydrogens (tertiary/aromatic N) is 1.